The number of halogens is 4. The van der Waals surface area contributed by atoms with Crippen LogP contribution in [0.15, 0.2) is 12.1 Å². The van der Waals surface area contributed by atoms with Gasteiger partial charge in [0.25, 0.3) is 5.69 Å². The predicted octanol–water partition coefficient (Wildman–Crippen LogP) is 3.33. The van der Waals surface area contributed by atoms with E-state index < -0.39 is 37.6 Å². The molecule has 8 nitrogen and oxygen atoms in total. The van der Waals surface area contributed by atoms with E-state index in [2.05, 4.69) is 0 Å². The molecule has 0 spiro atoms. The summed E-state index contributed by atoms with van der Waals surface area (Å²) in [7, 11) is -1.67. The van der Waals surface area contributed by atoms with E-state index in [0.717, 1.165) is 10.4 Å². The molecular formula is C13H16Cl4N2O6S. The molecule has 0 heterocycles. The third-order valence-corrected chi connectivity index (χ3v) is 5.36. The maximum atomic E-state index is 11.8. The fourth-order valence-corrected chi connectivity index (χ4v) is 3.64. The number of rotatable bonds is 7. The quantitative estimate of drug-likeness (QED) is 0.372. The van der Waals surface area contributed by atoms with Gasteiger partial charge < -0.3 is 5.11 Å². The largest absolute Gasteiger partial charge is 0.383 e. The van der Waals surface area contributed by atoms with Gasteiger partial charge in [-0.1, -0.05) is 46.4 Å². The number of nitro groups is 1. The van der Waals surface area contributed by atoms with E-state index in [1.807, 2.05) is 0 Å². The van der Waals surface area contributed by atoms with Crippen molar-refractivity contribution < 1.29 is 22.6 Å². The Morgan fingerprint density at radius 2 is 1.85 bits per heavy atom. The number of alkyl halides is 3. The summed E-state index contributed by atoms with van der Waals surface area (Å²) >= 11 is 23.2. The normalized spacial score (nSPS) is 15.1. The molecule has 0 aromatic heterocycles. The number of aryl methyl sites for hydroxylation is 1. The van der Waals surface area contributed by atoms with Crippen LogP contribution in [0.3, 0.4) is 0 Å². The molecule has 0 fully saturated rings. The van der Waals surface area contributed by atoms with Gasteiger partial charge in [0.1, 0.15) is 17.2 Å². The first-order valence-corrected chi connectivity index (χ1v) is 9.78. The zero-order chi connectivity index (χ0) is 20.5. The van der Waals surface area contributed by atoms with E-state index in [-0.39, 0.29) is 21.8 Å². The van der Waals surface area contributed by atoms with Gasteiger partial charge in [0.2, 0.25) is 0 Å². The average molecular weight is 470 g/mol. The highest BCUT2D eigenvalue weighted by Gasteiger charge is 2.41. The third kappa shape index (κ3) is 6.07. The van der Waals surface area contributed by atoms with Crippen LogP contribution in [0, 0.1) is 17.0 Å². The minimum atomic E-state index is -4.13. The number of nitrogens with zero attached hydrogens (tertiary/aromatic N) is 2. The van der Waals surface area contributed by atoms with Crippen molar-refractivity contribution in [1.82, 2.24) is 4.31 Å². The molecule has 1 unspecified atom stereocenters. The first kappa shape index (κ1) is 23.6. The molecule has 1 N–H and O–H groups in total. The first-order chi connectivity index (χ1) is 11.6. The summed E-state index contributed by atoms with van der Waals surface area (Å²) in [4.78, 5) is 10.4. The lowest BCUT2D eigenvalue weighted by molar-refractivity contribution is -0.385. The zero-order valence-electron chi connectivity index (χ0n) is 13.9. The minimum Gasteiger partial charge on any atom is -0.383 e. The molecule has 0 aliphatic rings. The van der Waals surface area contributed by atoms with Crippen molar-refractivity contribution in [3.05, 3.63) is 38.4 Å². The molecule has 26 heavy (non-hydrogen) atoms. The smallest absolute Gasteiger partial charge is 0.337 e. The van der Waals surface area contributed by atoms with E-state index in [1.165, 1.54) is 27.1 Å². The Morgan fingerprint density at radius 1 is 1.31 bits per heavy atom. The van der Waals surface area contributed by atoms with Gasteiger partial charge >= 0.3 is 10.3 Å². The summed E-state index contributed by atoms with van der Waals surface area (Å²) in [5.74, 6) is 0. The van der Waals surface area contributed by atoms with Crippen LogP contribution in [-0.4, -0.2) is 47.2 Å². The lowest BCUT2D eigenvalue weighted by Crippen LogP contribution is -2.38. The molecule has 0 aliphatic carbocycles. The van der Waals surface area contributed by atoms with Gasteiger partial charge in [-0.15, -0.1) is 0 Å². The van der Waals surface area contributed by atoms with E-state index in [1.54, 1.807) is 0 Å². The van der Waals surface area contributed by atoms with Gasteiger partial charge in [-0.3, -0.25) is 14.3 Å². The first-order valence-electron chi connectivity index (χ1n) is 6.90. The Hall–Kier alpha value is -0.390. The van der Waals surface area contributed by atoms with Gasteiger partial charge in [0.05, 0.1) is 4.92 Å². The molecular weight excluding hydrogens is 454 g/mol. The Morgan fingerprint density at radius 3 is 2.23 bits per heavy atom. The van der Waals surface area contributed by atoms with Crippen molar-refractivity contribution in [2.45, 2.75) is 22.7 Å². The van der Waals surface area contributed by atoms with Crippen LogP contribution in [0.4, 0.5) is 5.69 Å². The molecule has 1 atom stereocenters. The molecule has 0 amide bonds. The topological polar surface area (TPSA) is 110 Å². The number of hydrogen-bond donors (Lipinski definition) is 1. The standard InChI is InChI=1S/C13H16Cl4N2O6S/c1-8-4-9(5-10(14)11(8)19(21)22)12(20,6-13(15,16)17)7-25-26(23,24)18(2)3/h4-5,20H,6-7H2,1-3H3. The summed E-state index contributed by atoms with van der Waals surface area (Å²) in [5.41, 5.74) is -2.31. The number of benzene rings is 1. The van der Waals surface area contributed by atoms with Crippen LogP contribution < -0.4 is 0 Å². The molecule has 0 saturated heterocycles. The Balaban J connectivity index is 3.41. The summed E-state index contributed by atoms with van der Waals surface area (Å²) in [6.45, 7) is 0.607. The Bertz CT molecular complexity index is 773. The fraction of sp³-hybridized carbons (Fsp3) is 0.538. The number of nitro benzene ring substituents is 1. The summed E-state index contributed by atoms with van der Waals surface area (Å²) in [5, 5.41) is 21.7. The second-order valence-corrected chi connectivity index (χ2v) is 10.5. The third-order valence-electron chi connectivity index (χ3n) is 3.36. The molecule has 0 radical (unpaired) electrons. The molecule has 148 valence electrons. The highest BCUT2D eigenvalue weighted by Crippen LogP contribution is 2.42. The van der Waals surface area contributed by atoms with Crippen molar-refractivity contribution in [2.24, 2.45) is 0 Å². The van der Waals surface area contributed by atoms with E-state index in [9.17, 15) is 23.6 Å². The van der Waals surface area contributed by atoms with Crippen molar-refractivity contribution in [3.63, 3.8) is 0 Å². The van der Waals surface area contributed by atoms with Crippen molar-refractivity contribution in [3.8, 4) is 0 Å². The number of hydrogen-bond acceptors (Lipinski definition) is 6. The van der Waals surface area contributed by atoms with E-state index in [4.69, 9.17) is 50.6 Å². The molecule has 1 aromatic carbocycles. The molecule has 1 aromatic rings. The van der Waals surface area contributed by atoms with Gasteiger partial charge in [0.15, 0.2) is 3.79 Å². The molecule has 0 bridgehead atoms. The maximum Gasteiger partial charge on any atom is 0.337 e. The highest BCUT2D eigenvalue weighted by atomic mass is 35.6. The van der Waals surface area contributed by atoms with Crippen LogP contribution >= 0.6 is 46.4 Å². The minimum absolute atomic E-state index is 0.00545. The second kappa shape index (κ2) is 8.32. The monoisotopic (exact) mass is 468 g/mol. The van der Waals surface area contributed by atoms with Crippen LogP contribution in [-0.2, 0) is 20.1 Å². The molecule has 0 saturated carbocycles. The van der Waals surface area contributed by atoms with Crippen LogP contribution in [0.5, 0.6) is 0 Å². The Kier molecular flexibility index (Phi) is 7.57. The molecule has 13 heteroatoms. The highest BCUT2D eigenvalue weighted by molar-refractivity contribution is 7.84. The van der Waals surface area contributed by atoms with Crippen LogP contribution in [0.1, 0.15) is 17.5 Å². The Labute approximate surface area is 170 Å². The predicted molar refractivity (Wildman–Crippen MR) is 100 cm³/mol. The lowest BCUT2D eigenvalue weighted by atomic mass is 9.90. The second-order valence-electron chi connectivity index (χ2n) is 5.71. The van der Waals surface area contributed by atoms with Crippen molar-refractivity contribution in [2.75, 3.05) is 20.7 Å². The van der Waals surface area contributed by atoms with Gasteiger partial charge in [-0.25, -0.2) is 0 Å². The summed E-state index contributed by atoms with van der Waals surface area (Å²) in [6, 6.07) is 2.36. The zero-order valence-corrected chi connectivity index (χ0v) is 17.7. The van der Waals surface area contributed by atoms with Gasteiger partial charge in [0, 0.05) is 26.1 Å². The molecule has 0 aliphatic heterocycles. The number of aliphatic hydroxyl groups is 1. The summed E-state index contributed by atoms with van der Waals surface area (Å²) in [6.07, 6.45) is -0.554. The van der Waals surface area contributed by atoms with Gasteiger partial charge in [-0.05, 0) is 24.6 Å². The van der Waals surface area contributed by atoms with Crippen LogP contribution in [0.25, 0.3) is 0 Å². The summed E-state index contributed by atoms with van der Waals surface area (Å²) < 4.78 is 27.3. The van der Waals surface area contributed by atoms with Gasteiger partial charge in [-0.2, -0.15) is 12.7 Å². The SMILES string of the molecule is Cc1cc(C(O)(COS(=O)(=O)N(C)C)CC(Cl)(Cl)Cl)cc(Cl)c1[N+](=O)[O-]. The molecule has 1 rings (SSSR count). The van der Waals surface area contributed by atoms with Crippen molar-refractivity contribution >= 4 is 62.4 Å². The van der Waals surface area contributed by atoms with E-state index >= 15 is 0 Å². The lowest BCUT2D eigenvalue weighted by Gasteiger charge is -2.31. The fourth-order valence-electron chi connectivity index (χ4n) is 2.08. The average Bonchev–Trinajstić information content (AvgIpc) is 2.42. The maximum absolute atomic E-state index is 11.8. The van der Waals surface area contributed by atoms with E-state index in [0.29, 0.717) is 0 Å². The van der Waals surface area contributed by atoms with Crippen LogP contribution in [0.2, 0.25) is 5.02 Å². The van der Waals surface area contributed by atoms with Crippen molar-refractivity contribution in [1.29, 1.82) is 0 Å².